The number of rotatable bonds is 3. The number of hydrogen-bond acceptors (Lipinski definition) is 4. The zero-order valence-corrected chi connectivity index (χ0v) is 9.05. The second-order valence-corrected chi connectivity index (χ2v) is 3.67. The Morgan fingerprint density at radius 2 is 2.06 bits per heavy atom. The van der Waals surface area contributed by atoms with Gasteiger partial charge in [0.25, 0.3) is 0 Å². The summed E-state index contributed by atoms with van der Waals surface area (Å²) in [7, 11) is 0. The molecule has 2 rings (SSSR count). The molecule has 0 aliphatic heterocycles. The Balaban J connectivity index is 2.26. The van der Waals surface area contributed by atoms with E-state index in [9.17, 15) is 0 Å². The van der Waals surface area contributed by atoms with Crippen molar-refractivity contribution < 1.29 is 14.9 Å². The quantitative estimate of drug-likeness (QED) is 0.631. The molecule has 4 nitrogen and oxygen atoms in total. The Morgan fingerprint density at radius 1 is 1.25 bits per heavy atom. The van der Waals surface area contributed by atoms with Gasteiger partial charge in [0, 0.05) is 5.39 Å². The van der Waals surface area contributed by atoms with Crippen LogP contribution in [0.25, 0.3) is 10.9 Å². The highest BCUT2D eigenvalue weighted by molar-refractivity contribution is 6.29. The van der Waals surface area contributed by atoms with Crippen LogP contribution in [0.4, 0.5) is 0 Å². The van der Waals surface area contributed by atoms with Gasteiger partial charge in [-0.05, 0) is 30.3 Å². The van der Waals surface area contributed by atoms with Crippen LogP contribution in [0.1, 0.15) is 0 Å². The number of benzene rings is 1. The maximum absolute atomic E-state index is 8.66. The van der Waals surface area contributed by atoms with Gasteiger partial charge in [-0.3, -0.25) is 0 Å². The number of ether oxygens (including phenoxy) is 1. The van der Waals surface area contributed by atoms with E-state index in [1.807, 2.05) is 6.07 Å². The van der Waals surface area contributed by atoms with Gasteiger partial charge in [0.2, 0.25) is 0 Å². The van der Waals surface area contributed by atoms with E-state index in [0.717, 1.165) is 10.9 Å². The van der Waals surface area contributed by atoms with Crippen LogP contribution in [-0.4, -0.2) is 28.1 Å². The predicted octanol–water partition coefficient (Wildman–Crippen LogP) is 1.58. The number of aromatic nitrogens is 1. The van der Waals surface area contributed by atoms with Gasteiger partial charge in [0.15, 0.2) is 6.29 Å². The first-order valence-corrected chi connectivity index (χ1v) is 5.08. The SMILES string of the molecule is OC(O)COc1ccc2nc(Cl)ccc2c1. The molecule has 16 heavy (non-hydrogen) atoms. The molecule has 1 heterocycles. The summed E-state index contributed by atoms with van der Waals surface area (Å²) in [4.78, 5) is 4.12. The Bertz CT molecular complexity index is 502. The van der Waals surface area contributed by atoms with Crippen molar-refractivity contribution in [1.82, 2.24) is 4.98 Å². The van der Waals surface area contributed by atoms with Gasteiger partial charge in [0.1, 0.15) is 17.5 Å². The van der Waals surface area contributed by atoms with Crippen molar-refractivity contribution in [2.24, 2.45) is 0 Å². The maximum atomic E-state index is 8.66. The van der Waals surface area contributed by atoms with Crippen molar-refractivity contribution in [3.05, 3.63) is 35.5 Å². The first-order chi connectivity index (χ1) is 7.65. The highest BCUT2D eigenvalue weighted by Gasteiger charge is 2.02. The minimum absolute atomic E-state index is 0.160. The number of fused-ring (bicyclic) bond motifs is 1. The Labute approximate surface area is 97.1 Å². The second-order valence-electron chi connectivity index (χ2n) is 3.28. The molecule has 0 aliphatic rings. The zero-order chi connectivity index (χ0) is 11.5. The molecule has 0 unspecified atom stereocenters. The molecule has 0 bridgehead atoms. The monoisotopic (exact) mass is 239 g/mol. The standard InChI is InChI=1S/C11H10ClNO3/c12-10-4-1-7-5-8(16-6-11(14)15)2-3-9(7)13-10/h1-5,11,14-15H,6H2. The van der Waals surface area contributed by atoms with Gasteiger partial charge in [-0.25, -0.2) is 4.98 Å². The van der Waals surface area contributed by atoms with Crippen LogP contribution in [-0.2, 0) is 0 Å². The third-order valence-electron chi connectivity index (χ3n) is 2.03. The molecule has 0 amide bonds. The van der Waals surface area contributed by atoms with Crippen LogP contribution in [0.3, 0.4) is 0 Å². The Morgan fingerprint density at radius 3 is 2.81 bits per heavy atom. The van der Waals surface area contributed by atoms with E-state index in [1.54, 1.807) is 24.3 Å². The molecule has 0 saturated carbocycles. The molecule has 0 aliphatic carbocycles. The fraction of sp³-hybridized carbons (Fsp3) is 0.182. The molecule has 2 aromatic rings. The van der Waals surface area contributed by atoms with Crippen LogP contribution in [0.15, 0.2) is 30.3 Å². The molecule has 0 radical (unpaired) electrons. The normalized spacial score (nSPS) is 11.0. The molecule has 0 saturated heterocycles. The lowest BCUT2D eigenvalue weighted by molar-refractivity contribution is -0.0680. The number of halogens is 1. The van der Waals surface area contributed by atoms with Gasteiger partial charge in [-0.1, -0.05) is 11.6 Å². The molecule has 0 spiro atoms. The summed E-state index contributed by atoms with van der Waals surface area (Å²) < 4.78 is 5.14. The van der Waals surface area contributed by atoms with E-state index in [4.69, 9.17) is 26.6 Å². The molecular weight excluding hydrogens is 230 g/mol. The number of nitrogens with zero attached hydrogens (tertiary/aromatic N) is 1. The third-order valence-corrected chi connectivity index (χ3v) is 2.24. The summed E-state index contributed by atoms with van der Waals surface area (Å²) >= 11 is 5.75. The molecule has 0 fully saturated rings. The first kappa shape index (κ1) is 11.1. The smallest absolute Gasteiger partial charge is 0.186 e. The van der Waals surface area contributed by atoms with E-state index in [-0.39, 0.29) is 6.61 Å². The predicted molar refractivity (Wildman–Crippen MR) is 60.5 cm³/mol. The number of pyridine rings is 1. The van der Waals surface area contributed by atoms with Gasteiger partial charge < -0.3 is 14.9 Å². The van der Waals surface area contributed by atoms with Crippen molar-refractivity contribution in [1.29, 1.82) is 0 Å². The van der Waals surface area contributed by atoms with Crippen LogP contribution in [0, 0.1) is 0 Å². The minimum atomic E-state index is -1.47. The summed E-state index contributed by atoms with van der Waals surface area (Å²) in [5, 5.41) is 18.6. The topological polar surface area (TPSA) is 62.6 Å². The van der Waals surface area contributed by atoms with Crippen molar-refractivity contribution in [3.8, 4) is 5.75 Å². The summed E-state index contributed by atoms with van der Waals surface area (Å²) in [5.74, 6) is 0.560. The third kappa shape index (κ3) is 2.61. The van der Waals surface area contributed by atoms with Gasteiger partial charge in [0.05, 0.1) is 5.52 Å². The van der Waals surface area contributed by atoms with Crippen molar-refractivity contribution >= 4 is 22.5 Å². The van der Waals surface area contributed by atoms with Crippen molar-refractivity contribution in [2.75, 3.05) is 6.61 Å². The summed E-state index contributed by atoms with van der Waals surface area (Å²) in [6.07, 6.45) is -1.47. The molecule has 5 heteroatoms. The van der Waals surface area contributed by atoms with Crippen LogP contribution in [0.2, 0.25) is 5.15 Å². The molecule has 1 aromatic carbocycles. The number of aliphatic hydroxyl groups is 2. The van der Waals surface area contributed by atoms with Gasteiger partial charge in [-0.15, -0.1) is 0 Å². The minimum Gasteiger partial charge on any atom is -0.488 e. The molecule has 2 N–H and O–H groups in total. The maximum Gasteiger partial charge on any atom is 0.186 e. The average molecular weight is 240 g/mol. The number of aliphatic hydroxyl groups excluding tert-OH is 1. The summed E-state index contributed by atoms with van der Waals surface area (Å²) in [6, 6.07) is 8.75. The van der Waals surface area contributed by atoms with Crippen LogP contribution in [0.5, 0.6) is 5.75 Å². The zero-order valence-electron chi connectivity index (χ0n) is 8.30. The Hall–Kier alpha value is -1.36. The lowest BCUT2D eigenvalue weighted by atomic mass is 10.2. The highest BCUT2D eigenvalue weighted by Crippen LogP contribution is 2.21. The summed E-state index contributed by atoms with van der Waals surface area (Å²) in [5.41, 5.74) is 0.768. The molecule has 1 aromatic heterocycles. The van der Waals surface area contributed by atoms with Crippen molar-refractivity contribution in [2.45, 2.75) is 6.29 Å². The first-order valence-electron chi connectivity index (χ1n) is 4.70. The lowest BCUT2D eigenvalue weighted by Gasteiger charge is -2.08. The van der Waals surface area contributed by atoms with Gasteiger partial charge >= 0.3 is 0 Å². The number of hydrogen-bond donors (Lipinski definition) is 2. The molecule has 0 atom stereocenters. The fourth-order valence-electron chi connectivity index (χ4n) is 1.34. The molecule has 84 valence electrons. The second kappa shape index (κ2) is 4.65. The summed E-state index contributed by atoms with van der Waals surface area (Å²) in [6.45, 7) is -0.160. The van der Waals surface area contributed by atoms with E-state index in [0.29, 0.717) is 10.9 Å². The van der Waals surface area contributed by atoms with Crippen LogP contribution < -0.4 is 4.74 Å². The van der Waals surface area contributed by atoms with E-state index in [2.05, 4.69) is 4.98 Å². The van der Waals surface area contributed by atoms with E-state index >= 15 is 0 Å². The van der Waals surface area contributed by atoms with Gasteiger partial charge in [-0.2, -0.15) is 0 Å². The van der Waals surface area contributed by atoms with Crippen LogP contribution >= 0.6 is 11.6 Å². The van der Waals surface area contributed by atoms with Crippen molar-refractivity contribution in [3.63, 3.8) is 0 Å². The molecular formula is C11H10ClNO3. The highest BCUT2D eigenvalue weighted by atomic mass is 35.5. The fourth-order valence-corrected chi connectivity index (χ4v) is 1.49. The van der Waals surface area contributed by atoms with E-state index in [1.165, 1.54) is 0 Å². The lowest BCUT2D eigenvalue weighted by Crippen LogP contribution is -2.15. The van der Waals surface area contributed by atoms with E-state index < -0.39 is 6.29 Å². The largest absolute Gasteiger partial charge is 0.488 e. The Kier molecular flexibility index (Phi) is 3.24. The average Bonchev–Trinajstić information content (AvgIpc) is 2.26.